The molecule has 0 saturated carbocycles. The van der Waals surface area contributed by atoms with Gasteiger partial charge in [0.15, 0.2) is 0 Å². The van der Waals surface area contributed by atoms with Crippen molar-refractivity contribution in [3.05, 3.63) is 65.6 Å². The van der Waals surface area contributed by atoms with Gasteiger partial charge in [-0.1, -0.05) is 18.2 Å². The van der Waals surface area contributed by atoms with Crippen molar-refractivity contribution in [3.8, 4) is 0 Å². The third-order valence-electron chi connectivity index (χ3n) is 7.21. The molecule has 2 aromatic heterocycles. The van der Waals surface area contributed by atoms with Crippen LogP contribution in [0.4, 0.5) is 0 Å². The lowest BCUT2D eigenvalue weighted by Gasteiger charge is -2.45. The van der Waals surface area contributed by atoms with Gasteiger partial charge in [0.05, 0.1) is 5.92 Å². The van der Waals surface area contributed by atoms with E-state index in [2.05, 4.69) is 65.1 Å². The van der Waals surface area contributed by atoms with Crippen molar-refractivity contribution in [1.82, 2.24) is 19.8 Å². The summed E-state index contributed by atoms with van der Waals surface area (Å²) in [6.07, 6.45) is 6.93. The molecular weight excluding hydrogens is 384 g/mol. The van der Waals surface area contributed by atoms with E-state index in [9.17, 15) is 4.79 Å². The highest BCUT2D eigenvalue weighted by molar-refractivity contribution is 5.89. The third-order valence-corrected chi connectivity index (χ3v) is 7.21. The number of carbonyl (C=O) groups is 1. The van der Waals surface area contributed by atoms with E-state index in [4.69, 9.17) is 0 Å². The van der Waals surface area contributed by atoms with Crippen LogP contribution in [0.2, 0.25) is 0 Å². The van der Waals surface area contributed by atoms with Crippen LogP contribution in [0.25, 0.3) is 10.9 Å². The number of carbonyl (C=O) groups excluding carboxylic acids is 1. The molecule has 5 nitrogen and oxygen atoms in total. The molecule has 31 heavy (non-hydrogen) atoms. The maximum atomic E-state index is 13.0. The predicted molar refractivity (Wildman–Crippen MR) is 124 cm³/mol. The van der Waals surface area contributed by atoms with Gasteiger partial charge in [-0.2, -0.15) is 0 Å². The number of nitrogens with zero attached hydrogens (tertiary/aromatic N) is 3. The molecule has 1 saturated heterocycles. The normalized spacial score (nSPS) is 23.2. The first-order chi connectivity index (χ1) is 15.0. The van der Waals surface area contributed by atoms with Crippen LogP contribution in [0.1, 0.15) is 49.0 Å². The molecule has 1 unspecified atom stereocenters. The lowest BCUT2D eigenvalue weighted by molar-refractivity contribution is -0.127. The quantitative estimate of drug-likeness (QED) is 0.686. The number of likely N-dealkylation sites (tertiary alicyclic amines) is 1. The van der Waals surface area contributed by atoms with Gasteiger partial charge in [0, 0.05) is 66.5 Å². The highest BCUT2D eigenvalue weighted by Gasteiger charge is 2.41. The summed E-state index contributed by atoms with van der Waals surface area (Å²) in [6.45, 7) is 5.96. The van der Waals surface area contributed by atoms with Crippen molar-refractivity contribution >= 4 is 16.8 Å². The molecule has 1 amide bonds. The van der Waals surface area contributed by atoms with Gasteiger partial charge in [-0.15, -0.1) is 0 Å². The zero-order valence-electron chi connectivity index (χ0n) is 18.7. The Morgan fingerprint density at radius 2 is 2.10 bits per heavy atom. The average Bonchev–Trinajstić information content (AvgIpc) is 3.15. The van der Waals surface area contributed by atoms with E-state index in [1.807, 2.05) is 18.2 Å². The molecule has 2 aliphatic rings. The van der Waals surface area contributed by atoms with Crippen molar-refractivity contribution in [2.45, 2.75) is 51.1 Å². The van der Waals surface area contributed by atoms with E-state index in [1.54, 1.807) is 6.20 Å². The molecule has 0 spiro atoms. The zero-order chi connectivity index (χ0) is 21.5. The molecule has 1 aromatic carbocycles. The minimum Gasteiger partial charge on any atom is -0.355 e. The van der Waals surface area contributed by atoms with E-state index in [0.29, 0.717) is 24.5 Å². The van der Waals surface area contributed by atoms with Crippen molar-refractivity contribution in [1.29, 1.82) is 0 Å². The molecule has 5 rings (SSSR count). The number of pyridine rings is 1. The van der Waals surface area contributed by atoms with Crippen molar-refractivity contribution in [3.63, 3.8) is 0 Å². The second kappa shape index (κ2) is 8.12. The van der Waals surface area contributed by atoms with Crippen LogP contribution >= 0.6 is 0 Å². The lowest BCUT2D eigenvalue weighted by Crippen LogP contribution is -2.51. The summed E-state index contributed by atoms with van der Waals surface area (Å²) < 4.78 is 2.41. The van der Waals surface area contributed by atoms with E-state index < -0.39 is 0 Å². The number of fused-ring (bicyclic) bond motifs is 2. The standard InChI is InChI=1S/C26H32N4O/c1-17(2)30-16-18-14-24-22(21-8-6-9-23(30)25(18)21)13-19(15-29(24)3)26(31)28-12-10-20-7-4-5-11-27-20/h4-9,11,16-17,19,22,24H,10,12-15H2,1-3H3,(H,28,31)/t19?,22-,24-/m1/s1. The Morgan fingerprint density at radius 1 is 1.23 bits per heavy atom. The lowest BCUT2D eigenvalue weighted by atomic mass is 9.72. The van der Waals surface area contributed by atoms with Crippen LogP contribution in [0.15, 0.2) is 48.8 Å². The summed E-state index contributed by atoms with van der Waals surface area (Å²) in [5, 5.41) is 4.60. The number of rotatable bonds is 5. The minimum absolute atomic E-state index is 0.0268. The van der Waals surface area contributed by atoms with E-state index in [0.717, 1.165) is 31.5 Å². The molecule has 1 aliphatic heterocycles. The summed E-state index contributed by atoms with van der Waals surface area (Å²) in [6, 6.07) is 13.6. The van der Waals surface area contributed by atoms with Crippen LogP contribution in [-0.4, -0.2) is 46.5 Å². The van der Waals surface area contributed by atoms with Gasteiger partial charge in [0.2, 0.25) is 5.91 Å². The first-order valence-corrected chi connectivity index (χ1v) is 11.5. The van der Waals surface area contributed by atoms with Gasteiger partial charge in [-0.05, 0) is 63.1 Å². The summed E-state index contributed by atoms with van der Waals surface area (Å²) in [4.78, 5) is 19.8. The van der Waals surface area contributed by atoms with E-state index in [-0.39, 0.29) is 11.8 Å². The van der Waals surface area contributed by atoms with Gasteiger partial charge < -0.3 is 14.8 Å². The number of hydrogen-bond donors (Lipinski definition) is 1. The first-order valence-electron chi connectivity index (χ1n) is 11.5. The van der Waals surface area contributed by atoms with Crippen LogP contribution in [-0.2, 0) is 17.6 Å². The maximum absolute atomic E-state index is 13.0. The third kappa shape index (κ3) is 3.65. The van der Waals surface area contributed by atoms with Gasteiger partial charge in [-0.25, -0.2) is 0 Å². The fourth-order valence-electron chi connectivity index (χ4n) is 5.70. The summed E-state index contributed by atoms with van der Waals surface area (Å²) in [7, 11) is 2.19. The predicted octanol–water partition coefficient (Wildman–Crippen LogP) is 3.94. The van der Waals surface area contributed by atoms with E-state index >= 15 is 0 Å². The zero-order valence-corrected chi connectivity index (χ0v) is 18.7. The van der Waals surface area contributed by atoms with E-state index in [1.165, 1.54) is 22.0 Å². The Morgan fingerprint density at radius 3 is 2.87 bits per heavy atom. The molecule has 0 radical (unpaired) electrons. The summed E-state index contributed by atoms with van der Waals surface area (Å²) in [5.74, 6) is 0.613. The molecule has 3 atom stereocenters. The number of amides is 1. The molecule has 1 N–H and O–H groups in total. The Kier molecular flexibility index (Phi) is 5.30. The topological polar surface area (TPSA) is 50.2 Å². The molecular formula is C26H32N4O. The number of benzene rings is 1. The highest BCUT2D eigenvalue weighted by Crippen LogP contribution is 2.45. The number of piperidine rings is 1. The molecule has 3 aromatic rings. The highest BCUT2D eigenvalue weighted by atomic mass is 16.1. The molecule has 3 heterocycles. The molecule has 162 valence electrons. The van der Waals surface area contributed by atoms with Crippen LogP contribution < -0.4 is 5.32 Å². The fraction of sp³-hybridized carbons (Fsp3) is 0.462. The van der Waals surface area contributed by atoms with Gasteiger partial charge in [-0.3, -0.25) is 9.78 Å². The Hall–Kier alpha value is -2.66. The summed E-state index contributed by atoms with van der Waals surface area (Å²) in [5.41, 5.74) is 5.25. The fourth-order valence-corrected chi connectivity index (χ4v) is 5.70. The van der Waals surface area contributed by atoms with Crippen molar-refractivity contribution < 1.29 is 4.79 Å². The van der Waals surface area contributed by atoms with Crippen LogP contribution in [0.3, 0.4) is 0 Å². The molecule has 1 aliphatic carbocycles. The number of hydrogen-bond acceptors (Lipinski definition) is 3. The van der Waals surface area contributed by atoms with Crippen molar-refractivity contribution in [2.75, 3.05) is 20.1 Å². The average molecular weight is 417 g/mol. The first kappa shape index (κ1) is 20.3. The monoisotopic (exact) mass is 416 g/mol. The van der Waals surface area contributed by atoms with Crippen molar-refractivity contribution in [2.24, 2.45) is 5.92 Å². The summed E-state index contributed by atoms with van der Waals surface area (Å²) >= 11 is 0. The number of aromatic nitrogens is 2. The Labute approximate surface area is 184 Å². The molecule has 5 heteroatoms. The largest absolute Gasteiger partial charge is 0.355 e. The second-order valence-corrected chi connectivity index (χ2v) is 9.51. The molecule has 1 fully saturated rings. The SMILES string of the molecule is CC(C)n1cc2c3c(cccc31)[C@H]1CC(C(=O)NCCc3ccccn3)CN(C)[C@@H]1C2. The second-order valence-electron chi connectivity index (χ2n) is 9.51. The maximum Gasteiger partial charge on any atom is 0.224 e. The molecule has 0 bridgehead atoms. The van der Waals surface area contributed by atoms with Gasteiger partial charge in [0.25, 0.3) is 0 Å². The minimum atomic E-state index is 0.0268. The van der Waals surface area contributed by atoms with Gasteiger partial charge in [0.1, 0.15) is 0 Å². The van der Waals surface area contributed by atoms with Gasteiger partial charge >= 0.3 is 0 Å². The number of likely N-dealkylation sites (N-methyl/N-ethyl adjacent to an activating group) is 1. The number of nitrogens with one attached hydrogen (secondary N) is 1. The van der Waals surface area contributed by atoms with Crippen LogP contribution in [0.5, 0.6) is 0 Å². The Bertz CT molecular complexity index is 1090. The smallest absolute Gasteiger partial charge is 0.224 e. The van der Waals surface area contributed by atoms with Crippen LogP contribution in [0, 0.1) is 5.92 Å². The Balaban J connectivity index is 1.35.